The summed E-state index contributed by atoms with van der Waals surface area (Å²) in [5.41, 5.74) is 3.60. The quantitative estimate of drug-likeness (QED) is 0.624. The van der Waals surface area contributed by atoms with Gasteiger partial charge in [-0.05, 0) is 23.8 Å². The molecule has 0 saturated carbocycles. The number of hydrogen-bond acceptors (Lipinski definition) is 4. The van der Waals surface area contributed by atoms with Gasteiger partial charge in [0.15, 0.2) is 5.82 Å². The summed E-state index contributed by atoms with van der Waals surface area (Å²) in [7, 11) is 1.91. The molecular weight excluding hydrogens is 363 g/mol. The van der Waals surface area contributed by atoms with Crippen LogP contribution >= 0.6 is 39.1 Å². The summed E-state index contributed by atoms with van der Waals surface area (Å²) in [6, 6.07) is 9.68. The van der Waals surface area contributed by atoms with E-state index < -0.39 is 0 Å². The van der Waals surface area contributed by atoms with Gasteiger partial charge >= 0.3 is 0 Å². The average Bonchev–Trinajstić information content (AvgIpc) is 2.41. The average molecular weight is 376 g/mol. The van der Waals surface area contributed by atoms with Crippen molar-refractivity contribution in [1.29, 1.82) is 0 Å². The van der Waals surface area contributed by atoms with Crippen LogP contribution < -0.4 is 16.2 Å². The third-order valence-corrected chi connectivity index (χ3v) is 3.84. The van der Waals surface area contributed by atoms with E-state index in [9.17, 15) is 0 Å². The first-order valence-corrected chi connectivity index (χ1v) is 7.34. The second-order valence-corrected chi connectivity index (χ2v) is 5.98. The molecule has 0 bridgehead atoms. The Morgan fingerprint density at radius 3 is 2.50 bits per heavy atom. The highest BCUT2D eigenvalue weighted by molar-refractivity contribution is 9.10. The molecule has 0 fully saturated rings. The highest BCUT2D eigenvalue weighted by atomic mass is 79.9. The van der Waals surface area contributed by atoms with E-state index in [0.717, 1.165) is 10.0 Å². The lowest BCUT2D eigenvalue weighted by Gasteiger charge is -2.20. The zero-order valence-electron chi connectivity index (χ0n) is 10.7. The molecule has 0 radical (unpaired) electrons. The molecule has 0 aliphatic heterocycles. The number of nitrogen functional groups attached to an aromatic ring is 1. The van der Waals surface area contributed by atoms with E-state index in [0.29, 0.717) is 28.2 Å². The maximum atomic E-state index is 6.18. The molecule has 1 aromatic carbocycles. The molecule has 0 aliphatic carbocycles. The molecule has 2 aromatic rings. The van der Waals surface area contributed by atoms with Gasteiger partial charge in [0.1, 0.15) is 5.82 Å². The van der Waals surface area contributed by atoms with Crippen molar-refractivity contribution in [3.63, 3.8) is 0 Å². The Kier molecular flexibility index (Phi) is 5.10. The van der Waals surface area contributed by atoms with E-state index in [1.807, 2.05) is 36.2 Å². The van der Waals surface area contributed by atoms with Crippen molar-refractivity contribution in [2.45, 2.75) is 6.54 Å². The first kappa shape index (κ1) is 15.4. The lowest BCUT2D eigenvalue weighted by atomic mass is 10.2. The van der Waals surface area contributed by atoms with Crippen molar-refractivity contribution >= 4 is 50.8 Å². The lowest BCUT2D eigenvalue weighted by molar-refractivity contribution is 0.898. The Morgan fingerprint density at radius 2 is 1.90 bits per heavy atom. The minimum absolute atomic E-state index is 0.387. The van der Waals surface area contributed by atoms with Crippen molar-refractivity contribution in [2.24, 2.45) is 5.84 Å². The zero-order valence-corrected chi connectivity index (χ0v) is 13.8. The summed E-state index contributed by atoms with van der Waals surface area (Å²) >= 11 is 15.6. The number of anilines is 2. The normalized spacial score (nSPS) is 10.4. The van der Waals surface area contributed by atoms with Crippen LogP contribution in [0.5, 0.6) is 0 Å². The number of nitrogens with one attached hydrogen (secondary N) is 1. The number of nitrogens with two attached hydrogens (primary N) is 1. The lowest BCUT2D eigenvalue weighted by Crippen LogP contribution is -2.19. The smallest absolute Gasteiger partial charge is 0.161 e. The summed E-state index contributed by atoms with van der Waals surface area (Å²) < 4.78 is 1.04. The van der Waals surface area contributed by atoms with Crippen molar-refractivity contribution in [3.8, 4) is 0 Å². The number of nitrogens with zero attached hydrogens (tertiary/aromatic N) is 2. The Hall–Kier alpha value is -1.01. The van der Waals surface area contributed by atoms with E-state index in [4.69, 9.17) is 29.0 Å². The third-order valence-electron chi connectivity index (χ3n) is 2.74. The molecule has 0 aliphatic rings. The third kappa shape index (κ3) is 3.55. The Balaban J connectivity index is 2.24. The minimum Gasteiger partial charge on any atom is -0.354 e. The van der Waals surface area contributed by atoms with Crippen molar-refractivity contribution in [1.82, 2.24) is 4.98 Å². The first-order chi connectivity index (χ1) is 9.51. The molecule has 4 nitrogen and oxygen atoms in total. The molecule has 3 N–H and O–H groups in total. The van der Waals surface area contributed by atoms with Crippen LogP contribution in [0.25, 0.3) is 0 Å². The van der Waals surface area contributed by atoms with Crippen molar-refractivity contribution < 1.29 is 0 Å². The number of halogens is 3. The number of pyridine rings is 1. The van der Waals surface area contributed by atoms with Crippen LogP contribution in [-0.2, 0) is 6.54 Å². The van der Waals surface area contributed by atoms with E-state index in [1.54, 1.807) is 6.07 Å². The predicted octanol–water partition coefficient (Wildman–Crippen LogP) is 4.07. The molecule has 0 atom stereocenters. The van der Waals surface area contributed by atoms with Gasteiger partial charge in [0, 0.05) is 18.1 Å². The summed E-state index contributed by atoms with van der Waals surface area (Å²) in [6.45, 7) is 0.672. The van der Waals surface area contributed by atoms with Crippen LogP contribution in [0.2, 0.25) is 10.0 Å². The summed E-state index contributed by atoms with van der Waals surface area (Å²) in [6.07, 6.45) is 0. The van der Waals surface area contributed by atoms with Crippen LogP contribution in [0, 0.1) is 0 Å². The van der Waals surface area contributed by atoms with Crippen molar-refractivity contribution in [3.05, 3.63) is 50.4 Å². The number of hydrogen-bond donors (Lipinski definition) is 2. The molecule has 0 saturated heterocycles. The molecule has 2 rings (SSSR count). The second kappa shape index (κ2) is 6.63. The maximum absolute atomic E-state index is 6.18. The largest absolute Gasteiger partial charge is 0.354 e. The van der Waals surface area contributed by atoms with Gasteiger partial charge in [0.05, 0.1) is 10.0 Å². The molecule has 106 valence electrons. The van der Waals surface area contributed by atoms with Crippen molar-refractivity contribution in [2.75, 3.05) is 17.4 Å². The predicted molar refractivity (Wildman–Crippen MR) is 88.3 cm³/mol. The number of hydrazine groups is 1. The summed E-state index contributed by atoms with van der Waals surface area (Å²) in [4.78, 5) is 6.25. The van der Waals surface area contributed by atoms with E-state index in [-0.39, 0.29) is 0 Å². The standard InChI is InChI=1S/C13H13BrCl2N4/c1-20(7-8-2-4-9(14)5-3-8)13-11(16)6-10(15)12(18-13)19-17/h2-6H,7,17H2,1H3,(H,18,19). The van der Waals surface area contributed by atoms with E-state index in [1.165, 1.54) is 0 Å². The summed E-state index contributed by atoms with van der Waals surface area (Å²) in [5.74, 6) is 6.39. The Labute approximate surface area is 136 Å². The fraction of sp³-hybridized carbons (Fsp3) is 0.154. The monoisotopic (exact) mass is 374 g/mol. The van der Waals surface area contributed by atoms with Crippen LogP contribution in [-0.4, -0.2) is 12.0 Å². The van der Waals surface area contributed by atoms with Crippen LogP contribution in [0.4, 0.5) is 11.6 Å². The second-order valence-electron chi connectivity index (χ2n) is 4.25. The topological polar surface area (TPSA) is 54.2 Å². The van der Waals surface area contributed by atoms with Gasteiger partial charge in [0.2, 0.25) is 0 Å². The molecule has 0 unspecified atom stereocenters. The summed E-state index contributed by atoms with van der Waals surface area (Å²) in [5, 5.41) is 0.868. The van der Waals surface area contributed by atoms with Crippen LogP contribution in [0.15, 0.2) is 34.8 Å². The Morgan fingerprint density at radius 1 is 1.25 bits per heavy atom. The molecule has 1 heterocycles. The molecule has 0 amide bonds. The minimum atomic E-state index is 0.387. The van der Waals surface area contributed by atoms with Gasteiger partial charge in [-0.2, -0.15) is 0 Å². The van der Waals surface area contributed by atoms with Crippen LogP contribution in [0.1, 0.15) is 5.56 Å². The highest BCUT2D eigenvalue weighted by Gasteiger charge is 2.12. The highest BCUT2D eigenvalue weighted by Crippen LogP contribution is 2.31. The molecule has 1 aromatic heterocycles. The molecular formula is C13H13BrCl2N4. The van der Waals surface area contributed by atoms with Gasteiger partial charge in [0.25, 0.3) is 0 Å². The van der Waals surface area contributed by atoms with Gasteiger partial charge in [-0.1, -0.05) is 51.3 Å². The zero-order chi connectivity index (χ0) is 14.7. The van der Waals surface area contributed by atoms with Gasteiger partial charge < -0.3 is 10.3 Å². The molecule has 20 heavy (non-hydrogen) atoms. The SMILES string of the molecule is CN(Cc1ccc(Br)cc1)c1nc(NN)c(Cl)cc1Cl. The fourth-order valence-corrected chi connectivity index (χ4v) is 2.59. The maximum Gasteiger partial charge on any atom is 0.161 e. The Bertz CT molecular complexity index is 604. The fourth-order valence-electron chi connectivity index (χ4n) is 1.76. The van der Waals surface area contributed by atoms with E-state index in [2.05, 4.69) is 26.3 Å². The van der Waals surface area contributed by atoms with Gasteiger partial charge in [-0.3, -0.25) is 0 Å². The number of benzene rings is 1. The number of aromatic nitrogens is 1. The first-order valence-electron chi connectivity index (χ1n) is 5.79. The van der Waals surface area contributed by atoms with Gasteiger partial charge in [-0.15, -0.1) is 0 Å². The molecule has 0 spiro atoms. The number of rotatable bonds is 4. The molecule has 7 heteroatoms. The van der Waals surface area contributed by atoms with E-state index >= 15 is 0 Å². The van der Waals surface area contributed by atoms with Gasteiger partial charge in [-0.25, -0.2) is 10.8 Å². The van der Waals surface area contributed by atoms with Crippen LogP contribution in [0.3, 0.4) is 0 Å².